The van der Waals surface area contributed by atoms with Crippen molar-refractivity contribution in [2.24, 2.45) is 0 Å². The van der Waals surface area contributed by atoms with E-state index in [1.54, 1.807) is 12.1 Å². The highest BCUT2D eigenvalue weighted by Gasteiger charge is 2.22. The SMILES string of the molecule is CS(=O)(=O)Nc1cc(C(O)CNCCOc2cc(O)c3c(c2)-c2ccccc2C3)ccc1Cl. The van der Waals surface area contributed by atoms with Gasteiger partial charge in [-0.15, -0.1) is 0 Å². The molecule has 4 N–H and O–H groups in total. The van der Waals surface area contributed by atoms with Gasteiger partial charge in [-0.05, 0) is 40.5 Å². The Morgan fingerprint density at radius 2 is 1.91 bits per heavy atom. The van der Waals surface area contributed by atoms with Crippen molar-refractivity contribution in [3.63, 3.8) is 0 Å². The number of ether oxygens (including phenoxy) is 1. The smallest absolute Gasteiger partial charge is 0.229 e. The van der Waals surface area contributed by atoms with E-state index in [0.29, 0.717) is 30.9 Å². The average Bonchev–Trinajstić information content (AvgIpc) is 3.13. The fourth-order valence-electron chi connectivity index (χ4n) is 3.89. The van der Waals surface area contributed by atoms with Gasteiger partial charge in [0.1, 0.15) is 18.1 Å². The van der Waals surface area contributed by atoms with E-state index in [0.717, 1.165) is 22.9 Å². The van der Waals surface area contributed by atoms with Crippen LogP contribution in [0.2, 0.25) is 5.02 Å². The van der Waals surface area contributed by atoms with E-state index >= 15 is 0 Å². The molecule has 174 valence electrons. The van der Waals surface area contributed by atoms with Crippen LogP contribution in [0.15, 0.2) is 54.6 Å². The summed E-state index contributed by atoms with van der Waals surface area (Å²) in [6.45, 7) is 1.05. The minimum Gasteiger partial charge on any atom is -0.507 e. The fraction of sp³-hybridized carbons (Fsp3) is 0.250. The molecule has 0 fully saturated rings. The van der Waals surface area contributed by atoms with Crippen molar-refractivity contribution >= 4 is 27.3 Å². The molecule has 1 aliphatic carbocycles. The Balaban J connectivity index is 1.30. The average molecular weight is 489 g/mol. The Bertz CT molecular complexity index is 1280. The molecule has 0 aliphatic heterocycles. The first-order valence-electron chi connectivity index (χ1n) is 10.4. The summed E-state index contributed by atoms with van der Waals surface area (Å²) in [7, 11) is -3.48. The van der Waals surface area contributed by atoms with Crippen molar-refractivity contribution in [1.29, 1.82) is 0 Å². The van der Waals surface area contributed by atoms with E-state index in [-0.39, 0.29) is 23.0 Å². The zero-order valence-electron chi connectivity index (χ0n) is 18.0. The molecule has 1 atom stereocenters. The summed E-state index contributed by atoms with van der Waals surface area (Å²) in [5.74, 6) is 0.808. The molecular formula is C24H25ClN2O5S. The van der Waals surface area contributed by atoms with Gasteiger partial charge in [0.15, 0.2) is 0 Å². The molecule has 3 aromatic rings. The summed E-state index contributed by atoms with van der Waals surface area (Å²) in [6, 6.07) is 16.3. The number of benzene rings is 3. The number of hydrogen-bond donors (Lipinski definition) is 4. The number of rotatable bonds is 9. The highest BCUT2D eigenvalue weighted by atomic mass is 35.5. The van der Waals surface area contributed by atoms with E-state index in [1.807, 2.05) is 24.3 Å². The van der Waals surface area contributed by atoms with Crippen LogP contribution in [0.4, 0.5) is 5.69 Å². The highest BCUT2D eigenvalue weighted by Crippen LogP contribution is 2.43. The largest absolute Gasteiger partial charge is 0.507 e. The summed E-state index contributed by atoms with van der Waals surface area (Å²) in [5, 5.41) is 24.2. The monoisotopic (exact) mass is 488 g/mol. The molecule has 0 spiro atoms. The normalized spacial score (nSPS) is 13.3. The topological polar surface area (TPSA) is 108 Å². The first kappa shape index (κ1) is 23.4. The first-order chi connectivity index (χ1) is 15.7. The van der Waals surface area contributed by atoms with Crippen molar-refractivity contribution in [2.75, 3.05) is 30.7 Å². The lowest BCUT2D eigenvalue weighted by molar-refractivity contribution is 0.172. The number of aliphatic hydroxyl groups is 1. The minimum atomic E-state index is -3.48. The number of aliphatic hydroxyl groups excluding tert-OH is 1. The van der Waals surface area contributed by atoms with Crippen LogP contribution in [0, 0.1) is 0 Å². The van der Waals surface area contributed by atoms with Gasteiger partial charge >= 0.3 is 0 Å². The number of nitrogens with one attached hydrogen (secondary N) is 2. The molecule has 0 bridgehead atoms. The van der Waals surface area contributed by atoms with Crippen LogP contribution in [-0.2, 0) is 16.4 Å². The summed E-state index contributed by atoms with van der Waals surface area (Å²) in [5.41, 5.74) is 4.95. The maximum atomic E-state index is 11.5. The van der Waals surface area contributed by atoms with Crippen molar-refractivity contribution in [2.45, 2.75) is 12.5 Å². The summed E-state index contributed by atoms with van der Waals surface area (Å²) in [6.07, 6.45) is 0.888. The van der Waals surface area contributed by atoms with Gasteiger partial charge < -0.3 is 20.3 Å². The molecule has 4 rings (SSSR count). The second kappa shape index (κ2) is 9.61. The van der Waals surface area contributed by atoms with Gasteiger partial charge in [0.2, 0.25) is 10.0 Å². The molecule has 0 saturated heterocycles. The van der Waals surface area contributed by atoms with Crippen molar-refractivity contribution < 1.29 is 23.4 Å². The van der Waals surface area contributed by atoms with Gasteiger partial charge in [-0.1, -0.05) is 41.9 Å². The van der Waals surface area contributed by atoms with E-state index in [1.165, 1.54) is 17.7 Å². The molecule has 0 heterocycles. The van der Waals surface area contributed by atoms with Gasteiger partial charge in [-0.2, -0.15) is 0 Å². The number of halogens is 1. The minimum absolute atomic E-state index is 0.219. The summed E-state index contributed by atoms with van der Waals surface area (Å²) in [4.78, 5) is 0. The Morgan fingerprint density at radius 3 is 2.70 bits per heavy atom. The predicted octanol–water partition coefficient (Wildman–Crippen LogP) is 3.69. The standard InChI is InChI=1S/C24H25ClN2O5S/c1-33(30,31)27-22-11-16(6-7-21(22)25)24(29)14-26-8-9-32-17-12-19-18-5-3-2-4-15(18)10-20(19)23(28)13-17/h2-7,11-13,24,26-29H,8-10,14H2,1H3. The van der Waals surface area contributed by atoms with Gasteiger partial charge in [0.25, 0.3) is 0 Å². The second-order valence-electron chi connectivity index (χ2n) is 7.98. The number of phenols is 1. The molecule has 9 heteroatoms. The Kier molecular flexibility index (Phi) is 6.81. The third kappa shape index (κ3) is 5.59. The lowest BCUT2D eigenvalue weighted by atomic mass is 10.1. The van der Waals surface area contributed by atoms with Crippen LogP contribution < -0.4 is 14.8 Å². The number of sulfonamides is 1. The lowest BCUT2D eigenvalue weighted by Gasteiger charge is -2.15. The number of anilines is 1. The maximum Gasteiger partial charge on any atom is 0.229 e. The Hall–Kier alpha value is -2.78. The quantitative estimate of drug-likeness (QED) is 0.268. The molecule has 0 radical (unpaired) electrons. The van der Waals surface area contributed by atoms with Crippen LogP contribution in [0.5, 0.6) is 11.5 Å². The van der Waals surface area contributed by atoms with E-state index in [2.05, 4.69) is 16.1 Å². The van der Waals surface area contributed by atoms with Crippen molar-refractivity contribution in [3.05, 3.63) is 76.3 Å². The molecule has 0 amide bonds. The molecule has 33 heavy (non-hydrogen) atoms. The van der Waals surface area contributed by atoms with Gasteiger partial charge in [-0.25, -0.2) is 8.42 Å². The van der Waals surface area contributed by atoms with E-state index in [9.17, 15) is 18.6 Å². The lowest BCUT2D eigenvalue weighted by Crippen LogP contribution is -2.26. The third-order valence-corrected chi connectivity index (χ3v) is 6.35. The number of phenolic OH excluding ortho intramolecular Hbond substituents is 1. The number of hydrogen-bond acceptors (Lipinski definition) is 6. The molecule has 0 aromatic heterocycles. The van der Waals surface area contributed by atoms with Crippen molar-refractivity contribution in [1.82, 2.24) is 5.32 Å². The molecule has 0 saturated carbocycles. The number of aromatic hydroxyl groups is 1. The first-order valence-corrected chi connectivity index (χ1v) is 12.7. The zero-order valence-corrected chi connectivity index (χ0v) is 19.6. The molecule has 1 unspecified atom stereocenters. The maximum absolute atomic E-state index is 11.5. The van der Waals surface area contributed by atoms with Crippen LogP contribution >= 0.6 is 11.6 Å². The Labute approximate surface area is 198 Å². The third-order valence-electron chi connectivity index (χ3n) is 5.43. The summed E-state index contributed by atoms with van der Waals surface area (Å²) >= 11 is 6.03. The van der Waals surface area contributed by atoms with Gasteiger partial charge in [-0.3, -0.25) is 4.72 Å². The molecule has 7 nitrogen and oxygen atoms in total. The van der Waals surface area contributed by atoms with Crippen molar-refractivity contribution in [3.8, 4) is 22.6 Å². The van der Waals surface area contributed by atoms with Crippen LogP contribution in [0.1, 0.15) is 22.8 Å². The Morgan fingerprint density at radius 1 is 1.12 bits per heavy atom. The molecular weight excluding hydrogens is 464 g/mol. The van der Waals surface area contributed by atoms with Gasteiger partial charge in [0, 0.05) is 31.1 Å². The summed E-state index contributed by atoms with van der Waals surface area (Å²) < 4.78 is 31.1. The van der Waals surface area contributed by atoms with Crippen LogP contribution in [0.3, 0.4) is 0 Å². The highest BCUT2D eigenvalue weighted by molar-refractivity contribution is 7.92. The van der Waals surface area contributed by atoms with Crippen LogP contribution in [0.25, 0.3) is 11.1 Å². The van der Waals surface area contributed by atoms with E-state index in [4.69, 9.17) is 16.3 Å². The molecule has 3 aromatic carbocycles. The van der Waals surface area contributed by atoms with Crippen LogP contribution in [-0.4, -0.2) is 44.6 Å². The zero-order chi connectivity index (χ0) is 23.6. The second-order valence-corrected chi connectivity index (χ2v) is 10.1. The fourth-order valence-corrected chi connectivity index (χ4v) is 4.68. The van der Waals surface area contributed by atoms with E-state index < -0.39 is 16.1 Å². The number of fused-ring (bicyclic) bond motifs is 3. The van der Waals surface area contributed by atoms with Gasteiger partial charge in [0.05, 0.1) is 23.1 Å². The molecule has 1 aliphatic rings. The predicted molar refractivity (Wildman–Crippen MR) is 130 cm³/mol.